The van der Waals surface area contributed by atoms with E-state index >= 15 is 0 Å². The Hall–Kier alpha value is -2.21. The number of carbonyl (C=O) groups is 1. The number of aromatic nitrogens is 3. The molecule has 1 aromatic carbocycles. The van der Waals surface area contributed by atoms with Crippen LogP contribution in [0.3, 0.4) is 0 Å². The van der Waals surface area contributed by atoms with Crippen LogP contribution in [0.4, 0.5) is 0 Å². The van der Waals surface area contributed by atoms with Gasteiger partial charge in [0.2, 0.25) is 5.91 Å². The summed E-state index contributed by atoms with van der Waals surface area (Å²) in [5.41, 5.74) is 0.836. The fourth-order valence-electron chi connectivity index (χ4n) is 4.37. The van der Waals surface area contributed by atoms with E-state index < -0.39 is 0 Å². The van der Waals surface area contributed by atoms with Gasteiger partial charge in [-0.05, 0) is 24.8 Å². The standard InChI is InChI=1S/C21H29N5O/c1-21(2,14-16-6-4-3-5-7-16)20(27)25-11-8-17(9-12-25)19-24-23-18-15-22-10-13-26(18)19/h3-7,17,22H,8-15H2,1-2H3. The Labute approximate surface area is 161 Å². The Balaban J connectivity index is 1.38. The van der Waals surface area contributed by atoms with Gasteiger partial charge in [-0.1, -0.05) is 44.2 Å². The largest absolute Gasteiger partial charge is 0.342 e. The lowest BCUT2D eigenvalue weighted by atomic mass is 9.83. The second kappa shape index (κ2) is 7.43. The van der Waals surface area contributed by atoms with Gasteiger partial charge in [-0.3, -0.25) is 4.79 Å². The average Bonchev–Trinajstić information content (AvgIpc) is 3.12. The van der Waals surface area contributed by atoms with Gasteiger partial charge in [0.25, 0.3) is 0 Å². The maximum absolute atomic E-state index is 13.1. The first kappa shape index (κ1) is 18.2. The maximum Gasteiger partial charge on any atom is 0.228 e. The number of rotatable bonds is 4. The Bertz CT molecular complexity index is 790. The zero-order valence-corrected chi connectivity index (χ0v) is 16.3. The number of likely N-dealkylation sites (tertiary alicyclic amines) is 1. The normalized spacial score (nSPS) is 18.4. The highest BCUT2D eigenvalue weighted by Crippen LogP contribution is 2.31. The van der Waals surface area contributed by atoms with Crippen molar-refractivity contribution in [3.8, 4) is 0 Å². The van der Waals surface area contributed by atoms with Gasteiger partial charge in [-0.2, -0.15) is 0 Å². The SMILES string of the molecule is CC(C)(Cc1ccccc1)C(=O)N1CCC(c2nnc3n2CCNC3)CC1. The molecule has 6 heteroatoms. The van der Waals surface area contributed by atoms with E-state index in [0.717, 1.165) is 63.6 Å². The number of piperidine rings is 1. The molecule has 1 N–H and O–H groups in total. The van der Waals surface area contributed by atoms with Crippen molar-refractivity contribution in [2.45, 2.75) is 52.1 Å². The molecular weight excluding hydrogens is 338 g/mol. The molecule has 2 aliphatic heterocycles. The third kappa shape index (κ3) is 3.76. The van der Waals surface area contributed by atoms with Crippen molar-refractivity contribution in [3.05, 3.63) is 47.5 Å². The molecule has 0 aliphatic carbocycles. The maximum atomic E-state index is 13.1. The van der Waals surface area contributed by atoms with Crippen LogP contribution in [0.2, 0.25) is 0 Å². The molecule has 0 radical (unpaired) electrons. The number of benzene rings is 1. The van der Waals surface area contributed by atoms with Crippen LogP contribution in [0, 0.1) is 5.41 Å². The Morgan fingerprint density at radius 3 is 2.63 bits per heavy atom. The number of carbonyl (C=O) groups excluding carboxylic acids is 1. The minimum absolute atomic E-state index is 0.261. The molecule has 0 saturated carbocycles. The smallest absolute Gasteiger partial charge is 0.228 e. The number of hydrogen-bond donors (Lipinski definition) is 1. The van der Waals surface area contributed by atoms with E-state index in [1.807, 2.05) is 18.2 Å². The summed E-state index contributed by atoms with van der Waals surface area (Å²) in [7, 11) is 0. The molecule has 1 amide bonds. The Kier molecular flexibility index (Phi) is 5.00. The van der Waals surface area contributed by atoms with Gasteiger partial charge in [0, 0.05) is 37.5 Å². The molecule has 2 aromatic rings. The van der Waals surface area contributed by atoms with Crippen molar-refractivity contribution in [2.24, 2.45) is 5.41 Å². The van der Waals surface area contributed by atoms with Crippen LogP contribution in [0.25, 0.3) is 0 Å². The summed E-state index contributed by atoms with van der Waals surface area (Å²) >= 11 is 0. The van der Waals surface area contributed by atoms with Crippen LogP contribution in [-0.2, 0) is 24.3 Å². The first-order valence-electron chi connectivity index (χ1n) is 10.0. The molecule has 27 heavy (non-hydrogen) atoms. The minimum Gasteiger partial charge on any atom is -0.342 e. The summed E-state index contributed by atoms with van der Waals surface area (Å²) in [4.78, 5) is 15.2. The number of nitrogens with zero attached hydrogens (tertiary/aromatic N) is 4. The number of fused-ring (bicyclic) bond motifs is 1. The zero-order chi connectivity index (χ0) is 18.9. The van der Waals surface area contributed by atoms with Crippen molar-refractivity contribution >= 4 is 5.91 Å². The lowest BCUT2D eigenvalue weighted by Crippen LogP contribution is -2.46. The van der Waals surface area contributed by atoms with Crippen molar-refractivity contribution < 1.29 is 4.79 Å². The van der Waals surface area contributed by atoms with Crippen LogP contribution in [0.5, 0.6) is 0 Å². The summed E-state index contributed by atoms with van der Waals surface area (Å²) in [6.07, 6.45) is 2.72. The molecular formula is C21H29N5O. The third-order valence-electron chi connectivity index (χ3n) is 5.87. The topological polar surface area (TPSA) is 63.1 Å². The molecule has 1 saturated heterocycles. The monoisotopic (exact) mass is 367 g/mol. The second-order valence-corrected chi connectivity index (χ2v) is 8.42. The van der Waals surface area contributed by atoms with E-state index in [4.69, 9.17) is 0 Å². The fraction of sp³-hybridized carbons (Fsp3) is 0.571. The molecule has 0 atom stereocenters. The molecule has 4 rings (SSSR count). The van der Waals surface area contributed by atoms with E-state index in [9.17, 15) is 4.79 Å². The van der Waals surface area contributed by atoms with Gasteiger partial charge in [0.15, 0.2) is 0 Å². The molecule has 0 spiro atoms. The van der Waals surface area contributed by atoms with Gasteiger partial charge >= 0.3 is 0 Å². The summed E-state index contributed by atoms with van der Waals surface area (Å²) in [6.45, 7) is 8.47. The van der Waals surface area contributed by atoms with Crippen molar-refractivity contribution in [2.75, 3.05) is 19.6 Å². The molecule has 144 valence electrons. The lowest BCUT2D eigenvalue weighted by Gasteiger charge is -2.37. The van der Waals surface area contributed by atoms with Crippen LogP contribution in [0.1, 0.15) is 49.8 Å². The van der Waals surface area contributed by atoms with E-state index in [2.05, 4.69) is 51.0 Å². The van der Waals surface area contributed by atoms with Crippen molar-refractivity contribution in [3.63, 3.8) is 0 Å². The molecule has 0 bridgehead atoms. The first-order valence-corrected chi connectivity index (χ1v) is 10.0. The molecule has 0 unspecified atom stereocenters. The second-order valence-electron chi connectivity index (χ2n) is 8.42. The molecule has 6 nitrogen and oxygen atoms in total. The summed E-state index contributed by atoms with van der Waals surface area (Å²) < 4.78 is 2.28. The van der Waals surface area contributed by atoms with Crippen LogP contribution in [-0.4, -0.2) is 45.2 Å². The van der Waals surface area contributed by atoms with E-state index in [-0.39, 0.29) is 11.3 Å². The van der Waals surface area contributed by atoms with Gasteiger partial charge < -0.3 is 14.8 Å². The highest BCUT2D eigenvalue weighted by molar-refractivity contribution is 5.82. The van der Waals surface area contributed by atoms with Gasteiger partial charge in [0.1, 0.15) is 11.6 Å². The van der Waals surface area contributed by atoms with Crippen LogP contribution in [0.15, 0.2) is 30.3 Å². The van der Waals surface area contributed by atoms with Gasteiger partial charge in [-0.15, -0.1) is 10.2 Å². The highest BCUT2D eigenvalue weighted by Gasteiger charge is 2.35. The lowest BCUT2D eigenvalue weighted by molar-refractivity contribution is -0.141. The minimum atomic E-state index is -0.381. The number of amides is 1. The summed E-state index contributed by atoms with van der Waals surface area (Å²) in [5.74, 6) is 2.82. The van der Waals surface area contributed by atoms with Gasteiger partial charge in [0.05, 0.1) is 6.54 Å². The summed E-state index contributed by atoms with van der Waals surface area (Å²) in [5, 5.41) is 12.1. The number of nitrogens with one attached hydrogen (secondary N) is 1. The quantitative estimate of drug-likeness (QED) is 0.901. The molecule has 2 aliphatic rings. The van der Waals surface area contributed by atoms with E-state index in [1.165, 1.54) is 5.56 Å². The Morgan fingerprint density at radius 1 is 1.15 bits per heavy atom. The zero-order valence-electron chi connectivity index (χ0n) is 16.3. The van der Waals surface area contributed by atoms with Gasteiger partial charge in [-0.25, -0.2) is 0 Å². The molecule has 1 fully saturated rings. The average molecular weight is 367 g/mol. The Morgan fingerprint density at radius 2 is 1.89 bits per heavy atom. The predicted molar refractivity (Wildman–Crippen MR) is 104 cm³/mol. The molecule has 1 aromatic heterocycles. The third-order valence-corrected chi connectivity index (χ3v) is 5.87. The fourth-order valence-corrected chi connectivity index (χ4v) is 4.37. The first-order chi connectivity index (χ1) is 13.0. The van der Waals surface area contributed by atoms with Crippen LogP contribution < -0.4 is 5.32 Å². The summed E-state index contributed by atoms with van der Waals surface area (Å²) in [6, 6.07) is 10.3. The van der Waals surface area contributed by atoms with E-state index in [1.54, 1.807) is 0 Å². The number of hydrogen-bond acceptors (Lipinski definition) is 4. The molecule has 3 heterocycles. The van der Waals surface area contributed by atoms with Crippen LogP contribution >= 0.6 is 0 Å². The van der Waals surface area contributed by atoms with Crippen molar-refractivity contribution in [1.29, 1.82) is 0 Å². The highest BCUT2D eigenvalue weighted by atomic mass is 16.2. The van der Waals surface area contributed by atoms with E-state index in [0.29, 0.717) is 5.92 Å². The van der Waals surface area contributed by atoms with Crippen molar-refractivity contribution in [1.82, 2.24) is 25.0 Å². The predicted octanol–water partition coefficient (Wildman–Crippen LogP) is 2.36.